The minimum Gasteiger partial charge on any atom is -0.493 e. The number of nitrogens with zero attached hydrogens (tertiary/aromatic N) is 1. The van der Waals surface area contributed by atoms with Gasteiger partial charge < -0.3 is 24.3 Å². The molecule has 0 aliphatic carbocycles. The second kappa shape index (κ2) is 12.6. The van der Waals surface area contributed by atoms with Gasteiger partial charge in [0.1, 0.15) is 0 Å². The van der Waals surface area contributed by atoms with E-state index in [1.54, 1.807) is 32.4 Å². The Hall–Kier alpha value is -4.20. The smallest absolute Gasteiger partial charge is 0.339 e. The summed E-state index contributed by atoms with van der Waals surface area (Å²) in [6.07, 6.45) is 2.15. The summed E-state index contributed by atoms with van der Waals surface area (Å²) >= 11 is 0. The molecule has 3 rings (SSSR count). The zero-order valence-corrected chi connectivity index (χ0v) is 18.6. The van der Waals surface area contributed by atoms with Gasteiger partial charge in [-0.05, 0) is 36.4 Å². The Bertz CT molecular complexity index is 1060. The van der Waals surface area contributed by atoms with E-state index in [1.165, 1.54) is 6.21 Å². The topological polar surface area (TPSA) is 90.4 Å². The van der Waals surface area contributed by atoms with E-state index >= 15 is 0 Å². The van der Waals surface area contributed by atoms with Gasteiger partial charge in [0.15, 0.2) is 23.0 Å². The first-order valence-corrected chi connectivity index (χ1v) is 10.4. The molecule has 8 heteroatoms. The van der Waals surface area contributed by atoms with Crippen molar-refractivity contribution in [2.75, 3.05) is 32.8 Å². The highest BCUT2D eigenvalue weighted by molar-refractivity contribution is 5.91. The molecule has 0 aromatic heterocycles. The zero-order chi connectivity index (χ0) is 23.3. The average Bonchev–Trinajstić information content (AvgIpc) is 2.85. The third-order valence-electron chi connectivity index (χ3n) is 4.49. The number of hydrazone groups is 1. The highest BCUT2D eigenvalue weighted by Gasteiger charge is 2.10. The maximum Gasteiger partial charge on any atom is 0.339 e. The fourth-order valence-corrected chi connectivity index (χ4v) is 2.94. The lowest BCUT2D eigenvalue weighted by Gasteiger charge is -2.14. The summed E-state index contributed by atoms with van der Waals surface area (Å²) in [7, 11) is 3.18. The van der Waals surface area contributed by atoms with Crippen LogP contribution < -0.4 is 29.7 Å². The number of anilines is 1. The average molecular weight is 450 g/mol. The molecule has 0 unspecified atom stereocenters. The first-order chi connectivity index (χ1) is 16.2. The van der Waals surface area contributed by atoms with E-state index in [9.17, 15) is 4.79 Å². The van der Waals surface area contributed by atoms with E-state index in [1.807, 2.05) is 54.6 Å². The fourth-order valence-electron chi connectivity index (χ4n) is 2.94. The van der Waals surface area contributed by atoms with Crippen molar-refractivity contribution in [1.29, 1.82) is 0 Å². The molecule has 0 spiro atoms. The summed E-state index contributed by atoms with van der Waals surface area (Å²) in [6, 6.07) is 21.6. The van der Waals surface area contributed by atoms with Gasteiger partial charge in [-0.3, -0.25) is 0 Å². The van der Waals surface area contributed by atoms with Crippen LogP contribution in [0.2, 0.25) is 0 Å². The number of amides is 2. The molecule has 2 amide bonds. The molecule has 172 valence electrons. The van der Waals surface area contributed by atoms with Crippen molar-refractivity contribution in [3.05, 3.63) is 78.4 Å². The minimum atomic E-state index is -0.448. The summed E-state index contributed by atoms with van der Waals surface area (Å²) in [6.45, 7) is 0.860. The predicted molar refractivity (Wildman–Crippen MR) is 128 cm³/mol. The van der Waals surface area contributed by atoms with Crippen LogP contribution in [0.3, 0.4) is 0 Å². The van der Waals surface area contributed by atoms with Crippen molar-refractivity contribution in [3.63, 3.8) is 0 Å². The summed E-state index contributed by atoms with van der Waals surface area (Å²) in [5.41, 5.74) is 3.78. The highest BCUT2D eigenvalue weighted by Crippen LogP contribution is 2.30. The molecule has 0 saturated heterocycles. The maximum absolute atomic E-state index is 12.0. The Kier molecular flexibility index (Phi) is 8.96. The van der Waals surface area contributed by atoms with Crippen LogP contribution in [0.5, 0.6) is 23.0 Å². The quantitative estimate of drug-likeness (QED) is 0.251. The molecule has 0 aliphatic heterocycles. The van der Waals surface area contributed by atoms with E-state index in [0.29, 0.717) is 53.9 Å². The standard InChI is InChI=1S/C25H27N3O5/c1-30-21-13-6-7-14-22(21)32-16-9-17-33-24-19(10-8-15-23(24)31-2)18-26-28-25(29)27-20-11-4-3-5-12-20/h3-8,10-15,18H,9,16-17H2,1-2H3,(H2,27,28,29)/b26-18+. The molecule has 2 N–H and O–H groups in total. The molecule has 0 fully saturated rings. The molecular weight excluding hydrogens is 422 g/mol. The maximum atomic E-state index is 12.0. The summed E-state index contributed by atoms with van der Waals surface area (Å²) in [4.78, 5) is 12.0. The van der Waals surface area contributed by atoms with Gasteiger partial charge in [-0.2, -0.15) is 5.10 Å². The van der Waals surface area contributed by atoms with Gasteiger partial charge in [-0.25, -0.2) is 10.2 Å². The number of hydrogen-bond donors (Lipinski definition) is 2. The number of carbonyl (C=O) groups excluding carboxylic acids is 1. The third kappa shape index (κ3) is 7.17. The van der Waals surface area contributed by atoms with Gasteiger partial charge in [0.2, 0.25) is 0 Å². The molecule has 0 radical (unpaired) electrons. The number of rotatable bonds is 11. The summed E-state index contributed by atoms with van der Waals surface area (Å²) in [5.74, 6) is 2.47. The highest BCUT2D eigenvalue weighted by atomic mass is 16.5. The van der Waals surface area contributed by atoms with Crippen molar-refractivity contribution in [1.82, 2.24) is 5.43 Å². The first kappa shape index (κ1) is 23.5. The molecule has 0 atom stereocenters. The van der Waals surface area contributed by atoms with Crippen molar-refractivity contribution < 1.29 is 23.7 Å². The molecule has 8 nitrogen and oxygen atoms in total. The van der Waals surface area contributed by atoms with Crippen LogP contribution in [-0.4, -0.2) is 39.7 Å². The van der Waals surface area contributed by atoms with Gasteiger partial charge in [0.25, 0.3) is 0 Å². The molecule has 3 aromatic rings. The lowest BCUT2D eigenvalue weighted by molar-refractivity contribution is 0.234. The van der Waals surface area contributed by atoms with Gasteiger partial charge in [0.05, 0.1) is 33.6 Å². The largest absolute Gasteiger partial charge is 0.493 e. The molecule has 0 aliphatic rings. The summed E-state index contributed by atoms with van der Waals surface area (Å²) < 4.78 is 22.4. The van der Waals surface area contributed by atoms with E-state index in [0.717, 1.165) is 0 Å². The van der Waals surface area contributed by atoms with Crippen LogP contribution in [0.25, 0.3) is 0 Å². The molecule has 0 heterocycles. The van der Waals surface area contributed by atoms with E-state index < -0.39 is 6.03 Å². The molecule has 33 heavy (non-hydrogen) atoms. The van der Waals surface area contributed by atoms with Crippen LogP contribution in [0, 0.1) is 0 Å². The van der Waals surface area contributed by atoms with Gasteiger partial charge in [-0.1, -0.05) is 36.4 Å². The van der Waals surface area contributed by atoms with Crippen LogP contribution in [0.1, 0.15) is 12.0 Å². The van der Waals surface area contributed by atoms with Gasteiger partial charge in [-0.15, -0.1) is 0 Å². The SMILES string of the molecule is COc1ccccc1OCCCOc1c(/C=N/NC(=O)Nc2ccccc2)cccc1OC. The van der Waals surface area contributed by atoms with Crippen LogP contribution in [0.4, 0.5) is 10.5 Å². The van der Waals surface area contributed by atoms with Crippen LogP contribution in [0.15, 0.2) is 77.9 Å². The lowest BCUT2D eigenvalue weighted by atomic mass is 10.2. The van der Waals surface area contributed by atoms with E-state index in [-0.39, 0.29) is 0 Å². The second-order valence-electron chi connectivity index (χ2n) is 6.77. The lowest BCUT2D eigenvalue weighted by Crippen LogP contribution is -2.24. The van der Waals surface area contributed by atoms with Crippen molar-refractivity contribution in [2.45, 2.75) is 6.42 Å². The second-order valence-corrected chi connectivity index (χ2v) is 6.77. The number of para-hydroxylation sites is 4. The molecule has 0 saturated carbocycles. The van der Waals surface area contributed by atoms with E-state index in [2.05, 4.69) is 15.8 Å². The number of methoxy groups -OCH3 is 2. The number of carbonyl (C=O) groups is 1. The van der Waals surface area contributed by atoms with Gasteiger partial charge in [0, 0.05) is 17.7 Å². The van der Waals surface area contributed by atoms with Crippen LogP contribution in [-0.2, 0) is 0 Å². The van der Waals surface area contributed by atoms with Crippen molar-refractivity contribution in [2.24, 2.45) is 5.10 Å². The Morgan fingerprint density at radius 3 is 2.24 bits per heavy atom. The van der Waals surface area contributed by atoms with Crippen LogP contribution >= 0.6 is 0 Å². The van der Waals surface area contributed by atoms with Crippen molar-refractivity contribution >= 4 is 17.9 Å². The Morgan fingerprint density at radius 1 is 0.818 bits per heavy atom. The zero-order valence-electron chi connectivity index (χ0n) is 18.6. The van der Waals surface area contributed by atoms with E-state index in [4.69, 9.17) is 18.9 Å². The van der Waals surface area contributed by atoms with Crippen molar-refractivity contribution in [3.8, 4) is 23.0 Å². The molecule has 0 bridgehead atoms. The minimum absolute atomic E-state index is 0.401. The number of benzene rings is 3. The molecule has 3 aromatic carbocycles. The Morgan fingerprint density at radius 2 is 1.48 bits per heavy atom. The number of nitrogens with one attached hydrogen (secondary N) is 2. The Labute approximate surface area is 193 Å². The molecular formula is C25H27N3O5. The monoisotopic (exact) mass is 449 g/mol. The third-order valence-corrected chi connectivity index (χ3v) is 4.49. The number of urea groups is 1. The first-order valence-electron chi connectivity index (χ1n) is 10.4. The Balaban J connectivity index is 1.53. The normalized spacial score (nSPS) is 10.5. The number of hydrogen-bond acceptors (Lipinski definition) is 6. The number of ether oxygens (including phenoxy) is 4. The fraction of sp³-hybridized carbons (Fsp3) is 0.200. The summed E-state index contributed by atoms with van der Waals surface area (Å²) in [5, 5.41) is 6.71. The van der Waals surface area contributed by atoms with Gasteiger partial charge >= 0.3 is 6.03 Å². The predicted octanol–water partition coefficient (Wildman–Crippen LogP) is 4.71.